The molecule has 0 aliphatic heterocycles. The molecule has 0 bridgehead atoms. The van der Waals surface area contributed by atoms with Crippen LogP contribution in [0.25, 0.3) is 0 Å². The molecule has 27 heavy (non-hydrogen) atoms. The van der Waals surface area contributed by atoms with Crippen LogP contribution in [0.3, 0.4) is 0 Å². The lowest BCUT2D eigenvalue weighted by Gasteiger charge is -2.22. The molecule has 0 radical (unpaired) electrons. The van der Waals surface area contributed by atoms with Gasteiger partial charge in [-0.05, 0) is 35.5 Å². The average Bonchev–Trinajstić information content (AvgIpc) is 3.16. The first-order valence-electron chi connectivity index (χ1n) is 8.56. The molecule has 1 atom stereocenters. The molecule has 0 fully saturated rings. The molecule has 0 saturated carbocycles. The maximum atomic E-state index is 12.7. The van der Waals surface area contributed by atoms with Crippen molar-refractivity contribution in [2.24, 2.45) is 5.92 Å². The van der Waals surface area contributed by atoms with Gasteiger partial charge < -0.3 is 20.2 Å². The summed E-state index contributed by atoms with van der Waals surface area (Å²) in [7, 11) is -0.286. The number of amides is 1. The maximum Gasteiger partial charge on any atom is 0.329 e. The van der Waals surface area contributed by atoms with Crippen molar-refractivity contribution < 1.29 is 24.5 Å². The van der Waals surface area contributed by atoms with Gasteiger partial charge in [0.1, 0.15) is 12.6 Å². The predicted molar refractivity (Wildman–Crippen MR) is 104 cm³/mol. The third-order valence-corrected chi connectivity index (χ3v) is 4.96. The van der Waals surface area contributed by atoms with Crippen LogP contribution in [0.1, 0.15) is 41.0 Å². The molecular formula is C18H23BN2O5S. The van der Waals surface area contributed by atoms with E-state index in [2.05, 4.69) is 10.3 Å². The number of hydrogen-bond acceptors (Lipinski definition) is 7. The molecule has 3 N–H and O–H groups in total. The van der Waals surface area contributed by atoms with E-state index in [4.69, 9.17) is 4.74 Å². The van der Waals surface area contributed by atoms with Crippen LogP contribution in [0, 0.1) is 12.8 Å². The number of thiazole rings is 1. The molecule has 1 aromatic carbocycles. The van der Waals surface area contributed by atoms with Gasteiger partial charge in [-0.2, -0.15) is 0 Å². The molecule has 0 spiro atoms. The van der Waals surface area contributed by atoms with Crippen molar-refractivity contribution in [1.29, 1.82) is 0 Å². The zero-order valence-corrected chi connectivity index (χ0v) is 16.4. The second kappa shape index (κ2) is 9.64. The number of aliphatic hydroxyl groups excluding tert-OH is 1. The van der Waals surface area contributed by atoms with Crippen molar-refractivity contribution in [3.63, 3.8) is 0 Å². The van der Waals surface area contributed by atoms with Crippen molar-refractivity contribution >= 4 is 36.2 Å². The Bertz CT molecular complexity index is 795. The van der Waals surface area contributed by atoms with E-state index in [0.717, 1.165) is 0 Å². The highest BCUT2D eigenvalue weighted by molar-refractivity contribution is 7.07. The van der Waals surface area contributed by atoms with Gasteiger partial charge in [-0.3, -0.25) is 4.79 Å². The Labute approximate surface area is 162 Å². The van der Waals surface area contributed by atoms with E-state index in [0.29, 0.717) is 27.8 Å². The highest BCUT2D eigenvalue weighted by Crippen LogP contribution is 2.12. The van der Waals surface area contributed by atoms with Crippen LogP contribution in [0.4, 0.5) is 0 Å². The lowest BCUT2D eigenvalue weighted by atomic mass is 9.79. The fraction of sp³-hybridized carbons (Fsp3) is 0.389. The lowest BCUT2D eigenvalue weighted by Crippen LogP contribution is -2.45. The fourth-order valence-corrected chi connectivity index (χ4v) is 3.23. The average molecular weight is 390 g/mol. The van der Waals surface area contributed by atoms with Gasteiger partial charge in [0, 0.05) is 10.9 Å². The number of rotatable bonds is 8. The van der Waals surface area contributed by atoms with E-state index in [1.807, 2.05) is 13.8 Å². The SMILES string of the molecule is Cc1c(C(=O)N[C@H](C(=O)OCc2cscn2)C(C)C)ccc(CO)c1BO. The number of hydrogen-bond donors (Lipinski definition) is 3. The Kier molecular flexibility index (Phi) is 7.52. The third-order valence-electron chi connectivity index (χ3n) is 4.32. The summed E-state index contributed by atoms with van der Waals surface area (Å²) in [5.41, 5.74) is 4.30. The smallest absolute Gasteiger partial charge is 0.329 e. The van der Waals surface area contributed by atoms with Crippen LogP contribution < -0.4 is 10.8 Å². The molecule has 144 valence electrons. The predicted octanol–water partition coefficient (Wildman–Crippen LogP) is 0.411. The summed E-state index contributed by atoms with van der Waals surface area (Å²) < 4.78 is 5.28. The number of nitrogens with one attached hydrogen (secondary N) is 1. The van der Waals surface area contributed by atoms with Gasteiger partial charge in [-0.25, -0.2) is 9.78 Å². The number of carbonyl (C=O) groups is 2. The largest absolute Gasteiger partial charge is 0.458 e. The minimum atomic E-state index is -0.814. The maximum absolute atomic E-state index is 12.7. The molecule has 0 aliphatic rings. The van der Waals surface area contributed by atoms with Crippen LogP contribution in [0.5, 0.6) is 0 Å². The Morgan fingerprint density at radius 2 is 2.11 bits per heavy atom. The van der Waals surface area contributed by atoms with E-state index < -0.39 is 17.9 Å². The minimum Gasteiger partial charge on any atom is -0.458 e. The number of aliphatic hydroxyl groups is 1. The van der Waals surface area contributed by atoms with E-state index >= 15 is 0 Å². The van der Waals surface area contributed by atoms with Crippen LogP contribution in [0.15, 0.2) is 23.0 Å². The monoisotopic (exact) mass is 390 g/mol. The second-order valence-electron chi connectivity index (χ2n) is 6.47. The van der Waals surface area contributed by atoms with E-state index in [1.54, 1.807) is 29.9 Å². The van der Waals surface area contributed by atoms with Gasteiger partial charge in [0.25, 0.3) is 5.91 Å². The van der Waals surface area contributed by atoms with Gasteiger partial charge in [0.2, 0.25) is 0 Å². The molecule has 1 aromatic heterocycles. The van der Waals surface area contributed by atoms with E-state index in [-0.39, 0.29) is 26.6 Å². The van der Waals surface area contributed by atoms with E-state index in [9.17, 15) is 19.7 Å². The lowest BCUT2D eigenvalue weighted by molar-refractivity contribution is -0.148. The number of ether oxygens (including phenoxy) is 1. The normalized spacial score (nSPS) is 11.9. The van der Waals surface area contributed by atoms with Crippen LogP contribution >= 0.6 is 11.3 Å². The highest BCUT2D eigenvalue weighted by Gasteiger charge is 2.27. The molecular weight excluding hydrogens is 367 g/mol. The Morgan fingerprint density at radius 1 is 1.37 bits per heavy atom. The quantitative estimate of drug-likeness (QED) is 0.445. The topological polar surface area (TPSA) is 109 Å². The Hall–Kier alpha value is -2.23. The number of nitrogens with zero attached hydrogens (tertiary/aromatic N) is 1. The molecule has 0 unspecified atom stereocenters. The molecule has 0 saturated heterocycles. The first kappa shape index (κ1) is 21.1. The molecule has 2 rings (SSSR count). The standard InChI is InChI=1S/C18H23BN2O5S/c1-10(2)16(18(24)26-7-13-8-27-9-20-13)21-17(23)14-5-4-12(6-22)15(19-25)11(14)3/h4-5,8-10,16,19,22,25H,6-7H2,1-3H3,(H,21,23)/t16-/m0/s1. The number of carbonyl (C=O) groups excluding carboxylic acids is 2. The third kappa shape index (κ3) is 5.15. The Balaban J connectivity index is 2.13. The number of aromatic nitrogens is 1. The van der Waals surface area contributed by atoms with Crippen molar-refractivity contribution in [3.05, 3.63) is 45.4 Å². The molecule has 7 nitrogen and oxygen atoms in total. The fourth-order valence-electron chi connectivity index (χ4n) is 2.69. The van der Waals surface area contributed by atoms with Gasteiger partial charge >= 0.3 is 13.5 Å². The van der Waals surface area contributed by atoms with Crippen LogP contribution in [-0.4, -0.2) is 40.5 Å². The summed E-state index contributed by atoms with van der Waals surface area (Å²) in [5.74, 6) is -1.14. The summed E-state index contributed by atoms with van der Waals surface area (Å²) in [6, 6.07) is 2.36. The van der Waals surface area contributed by atoms with E-state index in [1.165, 1.54) is 11.3 Å². The van der Waals surface area contributed by atoms with Crippen molar-refractivity contribution in [2.45, 2.75) is 40.0 Å². The summed E-state index contributed by atoms with van der Waals surface area (Å²) in [5, 5.41) is 23.4. The van der Waals surface area contributed by atoms with Crippen molar-refractivity contribution in [1.82, 2.24) is 10.3 Å². The first-order valence-corrected chi connectivity index (χ1v) is 9.50. The Morgan fingerprint density at radius 3 is 2.67 bits per heavy atom. The summed E-state index contributed by atoms with van der Waals surface area (Å²) in [4.78, 5) is 29.2. The molecule has 2 aromatic rings. The van der Waals surface area contributed by atoms with Gasteiger partial charge in [0.15, 0.2) is 0 Å². The van der Waals surface area contributed by atoms with Crippen LogP contribution in [-0.2, 0) is 22.7 Å². The van der Waals surface area contributed by atoms with Crippen molar-refractivity contribution in [2.75, 3.05) is 0 Å². The summed E-state index contributed by atoms with van der Waals surface area (Å²) in [6.45, 7) is 5.16. The molecule has 1 amide bonds. The highest BCUT2D eigenvalue weighted by atomic mass is 32.1. The zero-order chi connectivity index (χ0) is 20.0. The second-order valence-corrected chi connectivity index (χ2v) is 7.19. The molecule has 0 aliphatic carbocycles. The van der Waals surface area contributed by atoms with Crippen LogP contribution in [0.2, 0.25) is 0 Å². The summed E-state index contributed by atoms with van der Waals surface area (Å²) >= 11 is 1.41. The van der Waals surface area contributed by atoms with Crippen molar-refractivity contribution in [3.8, 4) is 0 Å². The van der Waals surface area contributed by atoms with Gasteiger partial charge in [-0.1, -0.05) is 19.9 Å². The van der Waals surface area contributed by atoms with Gasteiger partial charge in [-0.15, -0.1) is 11.3 Å². The number of esters is 1. The number of benzene rings is 1. The first-order chi connectivity index (χ1) is 12.9. The molecule has 1 heterocycles. The minimum absolute atomic E-state index is 0.0559. The molecule has 9 heteroatoms. The zero-order valence-electron chi connectivity index (χ0n) is 15.6. The van der Waals surface area contributed by atoms with Gasteiger partial charge in [0.05, 0.1) is 17.8 Å². The summed E-state index contributed by atoms with van der Waals surface area (Å²) in [6.07, 6.45) is 0.